The van der Waals surface area contributed by atoms with Gasteiger partial charge in [0.25, 0.3) is 0 Å². The maximum atomic E-state index is 12.1. The number of hydrogen-bond acceptors (Lipinski definition) is 3. The number of likely N-dealkylation sites (N-methyl/N-ethyl adjacent to an activating group) is 1. The molecule has 0 aromatic heterocycles. The third-order valence-electron chi connectivity index (χ3n) is 2.84. The lowest BCUT2D eigenvalue weighted by Gasteiger charge is -2.23. The van der Waals surface area contributed by atoms with Gasteiger partial charge >= 0.3 is 0 Å². The average Bonchev–Trinajstić information content (AvgIpc) is 2.70. The van der Waals surface area contributed by atoms with Crippen LogP contribution < -0.4 is 5.73 Å². The van der Waals surface area contributed by atoms with Gasteiger partial charge in [-0.2, -0.15) is 0 Å². The fourth-order valence-electron chi connectivity index (χ4n) is 1.89. The van der Waals surface area contributed by atoms with E-state index in [0.717, 1.165) is 13.0 Å². The number of carbonyl (C=O) groups excluding carboxylic acids is 1. The van der Waals surface area contributed by atoms with E-state index in [1.165, 1.54) is 0 Å². The van der Waals surface area contributed by atoms with Crippen molar-refractivity contribution in [2.75, 3.05) is 26.3 Å². The van der Waals surface area contributed by atoms with Gasteiger partial charge in [0.05, 0.1) is 12.5 Å². The molecule has 0 aromatic carbocycles. The van der Waals surface area contributed by atoms with Gasteiger partial charge in [-0.05, 0) is 20.3 Å². The third kappa shape index (κ3) is 3.61. The topological polar surface area (TPSA) is 55.6 Å². The van der Waals surface area contributed by atoms with Crippen molar-refractivity contribution in [1.29, 1.82) is 0 Å². The summed E-state index contributed by atoms with van der Waals surface area (Å²) in [5.41, 5.74) is 5.74. The molecule has 0 heterocycles. The summed E-state index contributed by atoms with van der Waals surface area (Å²) in [5, 5.41) is 0. The lowest BCUT2D eigenvalue weighted by Crippen LogP contribution is -2.38. The maximum absolute atomic E-state index is 12.1. The highest BCUT2D eigenvalue weighted by Crippen LogP contribution is 2.18. The van der Waals surface area contributed by atoms with E-state index < -0.39 is 0 Å². The van der Waals surface area contributed by atoms with Crippen molar-refractivity contribution in [1.82, 2.24) is 4.90 Å². The Labute approximate surface area is 97.4 Å². The van der Waals surface area contributed by atoms with Crippen LogP contribution in [0, 0.1) is 5.92 Å². The summed E-state index contributed by atoms with van der Waals surface area (Å²) in [4.78, 5) is 13.9. The van der Waals surface area contributed by atoms with Gasteiger partial charge in [0.2, 0.25) is 5.91 Å². The largest absolute Gasteiger partial charge is 0.380 e. The molecule has 0 radical (unpaired) electrons. The Morgan fingerprint density at radius 1 is 1.50 bits per heavy atom. The lowest BCUT2D eigenvalue weighted by atomic mass is 10.1. The minimum Gasteiger partial charge on any atom is -0.380 e. The smallest absolute Gasteiger partial charge is 0.229 e. The molecule has 0 fully saturated rings. The zero-order chi connectivity index (χ0) is 12.0. The van der Waals surface area contributed by atoms with Crippen molar-refractivity contribution in [3.63, 3.8) is 0 Å². The summed E-state index contributed by atoms with van der Waals surface area (Å²) >= 11 is 0. The van der Waals surface area contributed by atoms with Crippen molar-refractivity contribution in [3.05, 3.63) is 12.2 Å². The van der Waals surface area contributed by atoms with Crippen molar-refractivity contribution in [2.24, 2.45) is 11.7 Å². The molecule has 2 unspecified atom stereocenters. The molecule has 0 spiro atoms. The fraction of sp³-hybridized carbons (Fsp3) is 0.750. The molecule has 16 heavy (non-hydrogen) atoms. The van der Waals surface area contributed by atoms with Crippen LogP contribution in [0.1, 0.15) is 20.3 Å². The SMILES string of the molecule is CCOCCN(CC)C(=O)C1C=CC(N)C1. The standard InChI is InChI=1S/C12H22N2O2/c1-3-14(7-8-16-4-2)12(15)10-5-6-11(13)9-10/h5-6,10-11H,3-4,7-9,13H2,1-2H3. The lowest BCUT2D eigenvalue weighted by molar-refractivity contribution is -0.134. The molecule has 1 aliphatic carbocycles. The van der Waals surface area contributed by atoms with Crippen LogP contribution in [0.5, 0.6) is 0 Å². The van der Waals surface area contributed by atoms with Crippen molar-refractivity contribution < 1.29 is 9.53 Å². The molecule has 1 aliphatic rings. The van der Waals surface area contributed by atoms with Gasteiger partial charge in [-0.1, -0.05) is 12.2 Å². The summed E-state index contributed by atoms with van der Waals surface area (Å²) < 4.78 is 5.26. The number of nitrogens with two attached hydrogens (primary N) is 1. The molecule has 2 N–H and O–H groups in total. The average molecular weight is 226 g/mol. The number of hydrogen-bond donors (Lipinski definition) is 1. The Bertz CT molecular complexity index is 253. The quantitative estimate of drug-likeness (QED) is 0.538. The Morgan fingerprint density at radius 2 is 2.25 bits per heavy atom. The van der Waals surface area contributed by atoms with E-state index in [2.05, 4.69) is 0 Å². The van der Waals surface area contributed by atoms with Gasteiger partial charge in [-0.15, -0.1) is 0 Å². The van der Waals surface area contributed by atoms with Gasteiger partial charge in [0.1, 0.15) is 0 Å². The summed E-state index contributed by atoms with van der Waals surface area (Å²) in [6.45, 7) is 6.64. The van der Waals surface area contributed by atoms with Crippen LogP contribution in [0.4, 0.5) is 0 Å². The summed E-state index contributed by atoms with van der Waals surface area (Å²) in [6, 6.07) is 0.0412. The van der Waals surface area contributed by atoms with Gasteiger partial charge in [-0.3, -0.25) is 4.79 Å². The molecule has 0 saturated heterocycles. The van der Waals surface area contributed by atoms with Crippen molar-refractivity contribution in [2.45, 2.75) is 26.3 Å². The molecule has 4 nitrogen and oxygen atoms in total. The number of rotatable bonds is 6. The van der Waals surface area contributed by atoms with Crippen molar-refractivity contribution >= 4 is 5.91 Å². The molecule has 1 amide bonds. The van der Waals surface area contributed by atoms with Crippen LogP contribution in [0.3, 0.4) is 0 Å². The van der Waals surface area contributed by atoms with Crippen LogP contribution in [0.15, 0.2) is 12.2 Å². The first-order chi connectivity index (χ1) is 7.69. The second kappa shape index (κ2) is 6.66. The molecular formula is C12H22N2O2. The highest BCUT2D eigenvalue weighted by atomic mass is 16.5. The van der Waals surface area contributed by atoms with Gasteiger partial charge in [0.15, 0.2) is 0 Å². The molecule has 0 bridgehead atoms. The molecular weight excluding hydrogens is 204 g/mol. The molecule has 0 saturated carbocycles. The molecule has 2 atom stereocenters. The first-order valence-electron chi connectivity index (χ1n) is 5.99. The minimum absolute atomic E-state index is 0.0309. The molecule has 92 valence electrons. The van der Waals surface area contributed by atoms with E-state index in [-0.39, 0.29) is 17.9 Å². The van der Waals surface area contributed by atoms with Crippen LogP contribution in [0.25, 0.3) is 0 Å². The van der Waals surface area contributed by atoms with Crippen LogP contribution in [-0.2, 0) is 9.53 Å². The van der Waals surface area contributed by atoms with Crippen LogP contribution in [0.2, 0.25) is 0 Å². The maximum Gasteiger partial charge on any atom is 0.229 e. The second-order valence-electron chi connectivity index (χ2n) is 4.01. The van der Waals surface area contributed by atoms with Gasteiger partial charge < -0.3 is 15.4 Å². The first-order valence-corrected chi connectivity index (χ1v) is 5.99. The second-order valence-corrected chi connectivity index (χ2v) is 4.01. The van der Waals surface area contributed by atoms with Gasteiger partial charge in [-0.25, -0.2) is 0 Å². The highest BCUT2D eigenvalue weighted by Gasteiger charge is 2.26. The summed E-state index contributed by atoms with van der Waals surface area (Å²) in [5.74, 6) is 0.142. The molecule has 4 heteroatoms. The van der Waals surface area contributed by atoms with Gasteiger partial charge in [0, 0.05) is 25.7 Å². The zero-order valence-electron chi connectivity index (χ0n) is 10.2. The Hall–Kier alpha value is -0.870. The van der Waals surface area contributed by atoms with Crippen LogP contribution in [-0.4, -0.2) is 43.2 Å². The first kappa shape index (κ1) is 13.2. The summed E-state index contributed by atoms with van der Waals surface area (Å²) in [7, 11) is 0. The molecule has 1 rings (SSSR count). The number of carbonyl (C=O) groups is 1. The van der Waals surface area contributed by atoms with Crippen LogP contribution >= 0.6 is 0 Å². The number of ether oxygens (including phenoxy) is 1. The van der Waals surface area contributed by atoms with E-state index in [0.29, 0.717) is 19.8 Å². The fourth-order valence-corrected chi connectivity index (χ4v) is 1.89. The van der Waals surface area contributed by atoms with E-state index in [1.54, 1.807) is 0 Å². The minimum atomic E-state index is -0.0309. The Morgan fingerprint density at radius 3 is 2.75 bits per heavy atom. The van der Waals surface area contributed by atoms with E-state index >= 15 is 0 Å². The van der Waals surface area contributed by atoms with E-state index in [4.69, 9.17) is 10.5 Å². The zero-order valence-corrected chi connectivity index (χ0v) is 10.2. The normalized spacial score (nSPS) is 23.7. The van der Waals surface area contributed by atoms with E-state index in [9.17, 15) is 4.79 Å². The number of nitrogens with zero attached hydrogens (tertiary/aromatic N) is 1. The predicted molar refractivity (Wildman–Crippen MR) is 64.0 cm³/mol. The van der Waals surface area contributed by atoms with Crippen molar-refractivity contribution in [3.8, 4) is 0 Å². The predicted octanol–water partition coefficient (Wildman–Crippen LogP) is 0.775. The monoisotopic (exact) mass is 226 g/mol. The highest BCUT2D eigenvalue weighted by molar-refractivity contribution is 5.81. The third-order valence-corrected chi connectivity index (χ3v) is 2.84. The molecule has 0 aliphatic heterocycles. The molecule has 0 aromatic rings. The Balaban J connectivity index is 2.40. The summed E-state index contributed by atoms with van der Waals surface area (Å²) in [6.07, 6.45) is 4.58. The number of amides is 1. The van der Waals surface area contributed by atoms with E-state index in [1.807, 2.05) is 30.9 Å². The Kier molecular flexibility index (Phi) is 5.49.